The van der Waals surface area contributed by atoms with Crippen LogP contribution in [0.15, 0.2) is 122 Å². The summed E-state index contributed by atoms with van der Waals surface area (Å²) in [6, 6.07) is 36.0. The lowest BCUT2D eigenvalue weighted by Crippen LogP contribution is -2.09. The number of nitrogens with zero attached hydrogens (tertiary/aromatic N) is 4. The number of hydrogen-bond donors (Lipinski definition) is 0. The van der Waals surface area contributed by atoms with Gasteiger partial charge in [-0.15, -0.1) is 0 Å². The van der Waals surface area contributed by atoms with Crippen LogP contribution in [0.5, 0.6) is 0 Å². The molecule has 0 amide bonds. The molecule has 0 N–H and O–H groups in total. The summed E-state index contributed by atoms with van der Waals surface area (Å²) in [4.78, 5) is 11.1. The van der Waals surface area contributed by atoms with Crippen LogP contribution in [0.2, 0.25) is 0 Å². The lowest BCUT2D eigenvalue weighted by atomic mass is 10.1. The van der Waals surface area contributed by atoms with Gasteiger partial charge >= 0.3 is 0 Å². The molecule has 4 nitrogen and oxygen atoms in total. The second kappa shape index (κ2) is 7.67. The molecule has 4 heteroatoms. The Morgan fingerprint density at radius 2 is 1.22 bits per heavy atom. The van der Waals surface area contributed by atoms with Crippen molar-refractivity contribution in [3.63, 3.8) is 0 Å². The first-order chi connectivity index (χ1) is 15.9. The van der Waals surface area contributed by atoms with Crippen LogP contribution in [0.25, 0.3) is 27.6 Å². The SMILES string of the molecule is c1ccc(N(c2ccccc2)c2ccc3c(c2)c2ccccc2n3-c2cnccn2)cc1. The summed E-state index contributed by atoms with van der Waals surface area (Å²) in [6.07, 6.45) is 5.24. The zero-order chi connectivity index (χ0) is 21.3. The van der Waals surface area contributed by atoms with Gasteiger partial charge in [0.25, 0.3) is 0 Å². The summed E-state index contributed by atoms with van der Waals surface area (Å²) in [5.74, 6) is 0.814. The highest BCUT2D eigenvalue weighted by Crippen LogP contribution is 2.39. The number of rotatable bonds is 4. The van der Waals surface area contributed by atoms with Gasteiger partial charge < -0.3 is 4.90 Å². The number of aromatic nitrogens is 3. The summed E-state index contributed by atoms with van der Waals surface area (Å²) in [6.45, 7) is 0. The van der Waals surface area contributed by atoms with Gasteiger partial charge in [-0.1, -0.05) is 54.6 Å². The maximum absolute atomic E-state index is 4.56. The highest BCUT2D eigenvalue weighted by Gasteiger charge is 2.17. The third-order valence-corrected chi connectivity index (χ3v) is 5.72. The van der Waals surface area contributed by atoms with Crippen LogP contribution >= 0.6 is 0 Å². The highest BCUT2D eigenvalue weighted by atomic mass is 15.1. The Hall–Kier alpha value is -4.44. The van der Waals surface area contributed by atoms with E-state index in [0.29, 0.717) is 0 Å². The summed E-state index contributed by atoms with van der Waals surface area (Å²) >= 11 is 0. The third-order valence-electron chi connectivity index (χ3n) is 5.72. The molecule has 0 aliphatic rings. The van der Waals surface area contributed by atoms with Crippen molar-refractivity contribution in [1.82, 2.24) is 14.5 Å². The number of anilines is 3. The number of para-hydroxylation sites is 3. The van der Waals surface area contributed by atoms with Gasteiger partial charge in [-0.2, -0.15) is 0 Å². The molecule has 0 unspecified atom stereocenters. The van der Waals surface area contributed by atoms with E-state index >= 15 is 0 Å². The molecule has 6 rings (SSSR count). The zero-order valence-electron chi connectivity index (χ0n) is 17.3. The molecule has 32 heavy (non-hydrogen) atoms. The largest absolute Gasteiger partial charge is 0.310 e. The Labute approximate surface area is 186 Å². The molecule has 4 aromatic carbocycles. The smallest absolute Gasteiger partial charge is 0.156 e. The molecule has 0 atom stereocenters. The van der Waals surface area contributed by atoms with Crippen molar-refractivity contribution in [1.29, 1.82) is 0 Å². The van der Waals surface area contributed by atoms with Gasteiger partial charge in [0, 0.05) is 40.2 Å². The van der Waals surface area contributed by atoms with E-state index in [-0.39, 0.29) is 0 Å². The van der Waals surface area contributed by atoms with Crippen molar-refractivity contribution >= 4 is 38.9 Å². The van der Waals surface area contributed by atoms with E-state index in [2.05, 4.69) is 110 Å². The van der Waals surface area contributed by atoms with E-state index in [4.69, 9.17) is 0 Å². The van der Waals surface area contributed by atoms with Crippen LogP contribution in [0.1, 0.15) is 0 Å². The zero-order valence-corrected chi connectivity index (χ0v) is 17.3. The number of benzene rings is 4. The number of hydrogen-bond acceptors (Lipinski definition) is 3. The Morgan fingerprint density at radius 3 is 1.91 bits per heavy atom. The first-order valence-corrected chi connectivity index (χ1v) is 10.6. The lowest BCUT2D eigenvalue weighted by Gasteiger charge is -2.25. The van der Waals surface area contributed by atoms with Crippen LogP contribution < -0.4 is 4.90 Å². The second-order valence-electron chi connectivity index (χ2n) is 7.62. The van der Waals surface area contributed by atoms with E-state index in [1.807, 2.05) is 12.1 Å². The molecule has 2 aromatic heterocycles. The van der Waals surface area contributed by atoms with Gasteiger partial charge in [-0.3, -0.25) is 9.55 Å². The Morgan fingerprint density at radius 1 is 0.562 bits per heavy atom. The molecule has 0 aliphatic heterocycles. The normalized spacial score (nSPS) is 11.1. The van der Waals surface area contributed by atoms with E-state index in [9.17, 15) is 0 Å². The standard InChI is InChI=1S/C28H20N4/c1-3-9-21(10-4-1)31(22-11-5-2-6-12-22)23-15-16-27-25(19-23)24-13-7-8-14-26(24)32(27)28-20-29-17-18-30-28/h1-20H. The number of fused-ring (bicyclic) bond motifs is 3. The molecular weight excluding hydrogens is 392 g/mol. The van der Waals surface area contributed by atoms with Gasteiger partial charge in [0.15, 0.2) is 5.82 Å². The quantitative estimate of drug-likeness (QED) is 0.311. The van der Waals surface area contributed by atoms with Crippen LogP contribution in [0, 0.1) is 0 Å². The van der Waals surface area contributed by atoms with E-state index in [1.165, 1.54) is 10.8 Å². The molecule has 0 fully saturated rings. The maximum atomic E-state index is 4.56. The minimum Gasteiger partial charge on any atom is -0.310 e. The minimum absolute atomic E-state index is 0.814. The van der Waals surface area contributed by atoms with Crippen LogP contribution in [-0.4, -0.2) is 14.5 Å². The Balaban J connectivity index is 1.62. The Bertz CT molecular complexity index is 1470. The van der Waals surface area contributed by atoms with Crippen molar-refractivity contribution < 1.29 is 0 Å². The summed E-state index contributed by atoms with van der Waals surface area (Å²) in [5, 5.41) is 2.37. The van der Waals surface area contributed by atoms with Crippen molar-refractivity contribution in [3.05, 3.63) is 122 Å². The van der Waals surface area contributed by atoms with Gasteiger partial charge in [0.1, 0.15) is 0 Å². The summed E-state index contributed by atoms with van der Waals surface area (Å²) < 4.78 is 2.18. The third kappa shape index (κ3) is 3.01. The van der Waals surface area contributed by atoms with Crippen molar-refractivity contribution in [3.8, 4) is 5.82 Å². The second-order valence-corrected chi connectivity index (χ2v) is 7.62. The molecule has 6 aromatic rings. The van der Waals surface area contributed by atoms with Crippen molar-refractivity contribution in [2.75, 3.05) is 4.90 Å². The van der Waals surface area contributed by atoms with Crippen molar-refractivity contribution in [2.24, 2.45) is 0 Å². The molecule has 0 aliphatic carbocycles. The van der Waals surface area contributed by atoms with Gasteiger partial charge in [0.05, 0.1) is 17.2 Å². The highest BCUT2D eigenvalue weighted by molar-refractivity contribution is 6.10. The predicted molar refractivity (Wildman–Crippen MR) is 131 cm³/mol. The van der Waals surface area contributed by atoms with Crippen LogP contribution in [0.3, 0.4) is 0 Å². The van der Waals surface area contributed by atoms with Crippen LogP contribution in [-0.2, 0) is 0 Å². The molecule has 0 spiro atoms. The average molecular weight is 412 g/mol. The lowest BCUT2D eigenvalue weighted by molar-refractivity contribution is 1.04. The van der Waals surface area contributed by atoms with Crippen molar-refractivity contribution in [2.45, 2.75) is 0 Å². The predicted octanol–water partition coefficient (Wildman–Crippen LogP) is 7.04. The van der Waals surface area contributed by atoms with E-state index in [1.54, 1.807) is 18.6 Å². The fourth-order valence-corrected chi connectivity index (χ4v) is 4.35. The average Bonchev–Trinajstić information content (AvgIpc) is 3.20. The molecule has 0 saturated heterocycles. The minimum atomic E-state index is 0.814. The van der Waals surface area contributed by atoms with Gasteiger partial charge in [0.2, 0.25) is 0 Å². The maximum Gasteiger partial charge on any atom is 0.156 e. The molecule has 0 bridgehead atoms. The monoisotopic (exact) mass is 412 g/mol. The molecule has 2 heterocycles. The summed E-state index contributed by atoms with van der Waals surface area (Å²) in [5.41, 5.74) is 5.58. The first-order valence-electron chi connectivity index (χ1n) is 10.6. The fraction of sp³-hybridized carbons (Fsp3) is 0. The molecule has 0 radical (unpaired) electrons. The van der Waals surface area contributed by atoms with Crippen LogP contribution in [0.4, 0.5) is 17.1 Å². The molecular formula is C28H20N4. The molecule has 152 valence electrons. The van der Waals surface area contributed by atoms with Gasteiger partial charge in [-0.05, 0) is 48.5 Å². The topological polar surface area (TPSA) is 34.0 Å². The summed E-state index contributed by atoms with van der Waals surface area (Å²) in [7, 11) is 0. The fourth-order valence-electron chi connectivity index (χ4n) is 4.35. The Kier molecular flexibility index (Phi) is 4.40. The first kappa shape index (κ1) is 18.3. The molecule has 0 saturated carbocycles. The van der Waals surface area contributed by atoms with Gasteiger partial charge in [-0.25, -0.2) is 4.98 Å². The van der Waals surface area contributed by atoms with E-state index < -0.39 is 0 Å². The van der Waals surface area contributed by atoms with E-state index in [0.717, 1.165) is 33.9 Å².